The summed E-state index contributed by atoms with van der Waals surface area (Å²) in [6, 6.07) is 19.8. The molecule has 35 heavy (non-hydrogen) atoms. The minimum absolute atomic E-state index is 0.0134. The molecule has 4 rings (SSSR count). The first-order chi connectivity index (χ1) is 16.9. The van der Waals surface area contributed by atoms with Crippen molar-refractivity contribution in [3.05, 3.63) is 101 Å². The molecule has 9 nitrogen and oxygen atoms in total. The Morgan fingerprint density at radius 2 is 1.63 bits per heavy atom. The highest BCUT2D eigenvalue weighted by Crippen LogP contribution is 2.15. The summed E-state index contributed by atoms with van der Waals surface area (Å²) in [5.41, 5.74) is 2.60. The number of anilines is 2. The van der Waals surface area contributed by atoms with Crippen LogP contribution in [0, 0.1) is 11.2 Å². The number of nitrogens with one attached hydrogen (secondary N) is 4. The molecule has 2 amide bonds. The van der Waals surface area contributed by atoms with Crippen molar-refractivity contribution in [2.24, 2.45) is 0 Å². The molecule has 0 spiro atoms. The van der Waals surface area contributed by atoms with Crippen molar-refractivity contribution in [3.63, 3.8) is 0 Å². The van der Waals surface area contributed by atoms with Gasteiger partial charge in [0.25, 0.3) is 11.8 Å². The summed E-state index contributed by atoms with van der Waals surface area (Å²) in [6.07, 6.45) is 0. The topological polar surface area (TPSA) is 133 Å². The van der Waals surface area contributed by atoms with Gasteiger partial charge in [-0.05, 0) is 58.3 Å². The fraction of sp³-hybridized carbons (Fsp3) is 0.0417. The molecule has 0 radical (unpaired) electrons. The average molecular weight is 470 g/mol. The van der Waals surface area contributed by atoms with E-state index >= 15 is 0 Å². The van der Waals surface area contributed by atoms with Gasteiger partial charge in [0.15, 0.2) is 11.5 Å². The van der Waals surface area contributed by atoms with Gasteiger partial charge in [-0.25, -0.2) is 9.02 Å². The maximum absolute atomic E-state index is 13.5. The molecule has 0 aliphatic heterocycles. The van der Waals surface area contributed by atoms with Gasteiger partial charge in [0.2, 0.25) is 5.82 Å². The lowest BCUT2D eigenvalue weighted by Gasteiger charge is -2.09. The lowest BCUT2D eigenvalue weighted by atomic mass is 9.95. The number of rotatable bonds is 7. The zero-order chi connectivity index (χ0) is 24.8. The minimum Gasteiger partial charge on any atom is -0.348 e. The van der Waals surface area contributed by atoms with E-state index < -0.39 is 5.91 Å². The van der Waals surface area contributed by atoms with Crippen LogP contribution in [0.4, 0.5) is 15.9 Å². The minimum atomic E-state index is -0.479. The Morgan fingerprint density at radius 3 is 2.34 bits per heavy atom. The number of aromatic nitrogens is 2. The molecule has 0 saturated heterocycles. The molecule has 4 N–H and O–H groups in total. The Labute approximate surface area is 200 Å². The molecule has 0 saturated carbocycles. The molecule has 3 aromatic carbocycles. The van der Waals surface area contributed by atoms with E-state index in [0.717, 1.165) is 5.56 Å². The first-order valence-corrected chi connectivity index (χ1v) is 10.6. The van der Waals surface area contributed by atoms with Crippen molar-refractivity contribution in [1.29, 1.82) is 5.41 Å². The van der Waals surface area contributed by atoms with Crippen LogP contribution < -0.4 is 21.4 Å². The molecule has 0 atom stereocenters. The summed E-state index contributed by atoms with van der Waals surface area (Å²) in [5, 5.41) is 23.7. The van der Waals surface area contributed by atoms with E-state index in [1.54, 1.807) is 62.4 Å². The van der Waals surface area contributed by atoms with E-state index in [1.807, 2.05) is 6.07 Å². The fourth-order valence-corrected chi connectivity index (χ4v) is 3.19. The van der Waals surface area contributed by atoms with E-state index in [0.29, 0.717) is 28.8 Å². The van der Waals surface area contributed by atoms with Crippen LogP contribution in [0.25, 0.3) is 0 Å². The number of carbonyl (C=O) groups excluding carboxylic acids is 2. The Hall–Kier alpha value is -4.80. The van der Waals surface area contributed by atoms with Crippen LogP contribution in [0.1, 0.15) is 32.0 Å². The van der Waals surface area contributed by atoms with Crippen LogP contribution in [0.3, 0.4) is 0 Å². The number of amides is 2. The molecule has 4 aromatic rings. The van der Waals surface area contributed by atoms with Crippen LogP contribution in [0.5, 0.6) is 0 Å². The van der Waals surface area contributed by atoms with Crippen molar-refractivity contribution in [2.75, 3.05) is 10.6 Å². The van der Waals surface area contributed by atoms with Gasteiger partial charge < -0.3 is 16.0 Å². The highest BCUT2D eigenvalue weighted by molar-refractivity contribution is 6.33. The van der Waals surface area contributed by atoms with Crippen molar-refractivity contribution in [2.45, 2.75) is 6.54 Å². The normalized spacial score (nSPS) is 10.4. The second kappa shape index (κ2) is 10.4. The number of benzene rings is 3. The number of hydrogen-bond donors (Lipinski definition) is 4. The third kappa shape index (κ3) is 5.77. The average Bonchev–Trinajstić information content (AvgIpc) is 3.34. The van der Waals surface area contributed by atoms with Crippen LogP contribution in [-0.2, 0) is 6.54 Å². The third-order valence-electron chi connectivity index (χ3n) is 5.09. The van der Waals surface area contributed by atoms with Gasteiger partial charge in [-0.15, -0.1) is 0 Å². The molecule has 1 aromatic heterocycles. The quantitative estimate of drug-likeness (QED) is 0.186. The van der Waals surface area contributed by atoms with E-state index in [2.05, 4.69) is 26.3 Å². The molecule has 1 heterocycles. The molecule has 0 fully saturated rings. The number of amidine groups is 1. The Kier molecular flexibility index (Phi) is 6.96. The molecule has 0 aliphatic carbocycles. The molecule has 11 heteroatoms. The van der Waals surface area contributed by atoms with Gasteiger partial charge in [-0.3, -0.25) is 15.0 Å². The summed E-state index contributed by atoms with van der Waals surface area (Å²) in [6.45, 7) is 0.304. The molecular formula is C24H20BFN6O3. The molecule has 0 aliphatic rings. The lowest BCUT2D eigenvalue weighted by molar-refractivity contribution is 0.0949. The van der Waals surface area contributed by atoms with Crippen molar-refractivity contribution in [3.8, 4) is 0 Å². The number of carbonyl (C=O) groups is 2. The standard InChI is InChI=1S/C24H20BFN6O3/c25-18-12-17(10-11-19(18)26)29-21(27)20-22(32-35-31-20)30-24(34)16-8-6-14(7-9-16)13-28-23(33)15-4-2-1-3-5-15/h1-12H,13,25H2,(H2,27,29)(H,28,33)(H,30,32,34). The van der Waals surface area contributed by atoms with Crippen molar-refractivity contribution < 1.29 is 18.6 Å². The van der Waals surface area contributed by atoms with Gasteiger partial charge in [0.1, 0.15) is 13.7 Å². The van der Waals surface area contributed by atoms with Gasteiger partial charge >= 0.3 is 0 Å². The summed E-state index contributed by atoms with van der Waals surface area (Å²) in [4.78, 5) is 24.8. The molecular weight excluding hydrogens is 450 g/mol. The van der Waals surface area contributed by atoms with Gasteiger partial charge in [0, 0.05) is 23.4 Å². The number of halogens is 1. The fourth-order valence-electron chi connectivity index (χ4n) is 3.19. The maximum Gasteiger partial charge on any atom is 0.256 e. The first-order valence-electron chi connectivity index (χ1n) is 10.6. The maximum atomic E-state index is 13.5. The predicted octanol–water partition coefficient (Wildman–Crippen LogP) is 2.09. The van der Waals surface area contributed by atoms with Gasteiger partial charge in [-0.2, -0.15) is 0 Å². The van der Waals surface area contributed by atoms with Gasteiger partial charge in [-0.1, -0.05) is 35.8 Å². The van der Waals surface area contributed by atoms with Crippen molar-refractivity contribution >= 4 is 42.5 Å². The summed E-state index contributed by atoms with van der Waals surface area (Å²) in [7, 11) is 1.61. The molecule has 174 valence electrons. The summed E-state index contributed by atoms with van der Waals surface area (Å²) < 4.78 is 18.2. The number of nitrogens with zero attached hydrogens (tertiary/aromatic N) is 2. The van der Waals surface area contributed by atoms with E-state index in [1.165, 1.54) is 12.1 Å². The summed E-state index contributed by atoms with van der Waals surface area (Å²) >= 11 is 0. The highest BCUT2D eigenvalue weighted by Gasteiger charge is 2.19. The monoisotopic (exact) mass is 470 g/mol. The zero-order valence-electron chi connectivity index (χ0n) is 18.6. The van der Waals surface area contributed by atoms with Crippen LogP contribution in [0.15, 0.2) is 77.4 Å². The Morgan fingerprint density at radius 1 is 0.914 bits per heavy atom. The lowest BCUT2D eigenvalue weighted by Crippen LogP contribution is -2.22. The smallest absolute Gasteiger partial charge is 0.256 e. The van der Waals surface area contributed by atoms with Crippen LogP contribution >= 0.6 is 0 Å². The Balaban J connectivity index is 1.36. The molecule has 0 bridgehead atoms. The van der Waals surface area contributed by atoms with E-state index in [4.69, 9.17) is 10.0 Å². The zero-order valence-corrected chi connectivity index (χ0v) is 18.6. The third-order valence-corrected chi connectivity index (χ3v) is 5.09. The molecule has 0 unspecified atom stereocenters. The SMILES string of the molecule is Bc1cc(NC(=N)c2nonc2NC(=O)c2ccc(CNC(=O)c3ccccc3)cc2)ccc1F. The largest absolute Gasteiger partial charge is 0.348 e. The van der Waals surface area contributed by atoms with E-state index in [9.17, 15) is 14.0 Å². The number of hydrogen-bond acceptors (Lipinski definition) is 6. The second-order valence-corrected chi connectivity index (χ2v) is 7.63. The van der Waals surface area contributed by atoms with Crippen LogP contribution in [-0.4, -0.2) is 35.8 Å². The summed E-state index contributed by atoms with van der Waals surface area (Å²) in [5.74, 6) is -1.25. The predicted molar refractivity (Wildman–Crippen MR) is 131 cm³/mol. The highest BCUT2D eigenvalue weighted by atomic mass is 19.1. The van der Waals surface area contributed by atoms with E-state index in [-0.39, 0.29) is 29.1 Å². The Bertz CT molecular complexity index is 1380. The first kappa shape index (κ1) is 23.4. The second-order valence-electron chi connectivity index (χ2n) is 7.63. The van der Waals surface area contributed by atoms with Crippen molar-refractivity contribution in [1.82, 2.24) is 15.6 Å². The van der Waals surface area contributed by atoms with Gasteiger partial charge in [0.05, 0.1) is 0 Å². The van der Waals surface area contributed by atoms with Crippen LogP contribution in [0.2, 0.25) is 0 Å².